The molecular weight excluding hydrogens is 238 g/mol. The molecule has 0 unspecified atom stereocenters. The highest BCUT2D eigenvalue weighted by molar-refractivity contribution is 7.89. The molecule has 0 bridgehead atoms. The Hall–Kier alpha value is -1.11. The van der Waals surface area contributed by atoms with Gasteiger partial charge in [0, 0.05) is 6.54 Å². The summed E-state index contributed by atoms with van der Waals surface area (Å²) in [5.74, 6) is 5.28. The van der Waals surface area contributed by atoms with Crippen molar-refractivity contribution in [2.24, 2.45) is 5.84 Å². The largest absolute Gasteiger partial charge is 0.323 e. The number of hydrogen-bond donors (Lipinski definition) is 3. The van der Waals surface area contributed by atoms with Crippen molar-refractivity contribution < 1.29 is 8.42 Å². The van der Waals surface area contributed by atoms with E-state index in [0.717, 1.165) is 19.3 Å². The maximum Gasteiger partial charge on any atom is 0.242 e. The molecule has 0 aliphatic heterocycles. The van der Waals surface area contributed by atoms with E-state index >= 15 is 0 Å². The fourth-order valence-corrected chi connectivity index (χ4v) is 2.72. The first-order valence-corrected chi connectivity index (χ1v) is 7.15. The van der Waals surface area contributed by atoms with Crippen molar-refractivity contribution in [3.8, 4) is 0 Å². The van der Waals surface area contributed by atoms with Gasteiger partial charge in [0.15, 0.2) is 0 Å². The molecule has 0 heterocycles. The minimum absolute atomic E-state index is 0.180. The molecule has 0 saturated heterocycles. The molecule has 0 radical (unpaired) electrons. The van der Waals surface area contributed by atoms with Gasteiger partial charge in [-0.2, -0.15) is 0 Å². The van der Waals surface area contributed by atoms with E-state index in [2.05, 4.69) is 17.1 Å². The maximum absolute atomic E-state index is 12.0. The maximum atomic E-state index is 12.0. The average Bonchev–Trinajstić information content (AvgIpc) is 2.34. The summed E-state index contributed by atoms with van der Waals surface area (Å²) >= 11 is 0. The number of nitrogens with one attached hydrogen (secondary N) is 2. The van der Waals surface area contributed by atoms with Gasteiger partial charge >= 0.3 is 0 Å². The van der Waals surface area contributed by atoms with Crippen LogP contribution < -0.4 is 16.0 Å². The van der Waals surface area contributed by atoms with E-state index in [1.165, 1.54) is 6.07 Å². The summed E-state index contributed by atoms with van der Waals surface area (Å²) in [6.45, 7) is 2.53. The third-order valence-electron chi connectivity index (χ3n) is 2.40. The van der Waals surface area contributed by atoms with Crippen LogP contribution in [0.4, 0.5) is 5.69 Å². The molecule has 96 valence electrons. The second-order valence-corrected chi connectivity index (χ2v) is 5.48. The van der Waals surface area contributed by atoms with Crippen LogP contribution in [0.25, 0.3) is 0 Å². The summed E-state index contributed by atoms with van der Waals surface area (Å²) in [7, 11) is -3.48. The fourth-order valence-electron chi connectivity index (χ4n) is 1.48. The van der Waals surface area contributed by atoms with Crippen LogP contribution in [0.1, 0.15) is 26.2 Å². The standard InChI is InChI=1S/C11H19N3O2S/c1-2-3-6-9-13-17(15,16)11-8-5-4-7-10(11)14-12/h4-5,7-8,13-14H,2-3,6,9,12H2,1H3. The average molecular weight is 257 g/mol. The Morgan fingerprint density at radius 1 is 1.24 bits per heavy atom. The van der Waals surface area contributed by atoms with E-state index in [1.807, 2.05) is 0 Å². The number of hydrogen-bond acceptors (Lipinski definition) is 4. The zero-order valence-electron chi connectivity index (χ0n) is 9.94. The van der Waals surface area contributed by atoms with Gasteiger partial charge in [-0.1, -0.05) is 31.9 Å². The summed E-state index contributed by atoms with van der Waals surface area (Å²) in [5, 5.41) is 0. The summed E-state index contributed by atoms with van der Waals surface area (Å²) in [6.07, 6.45) is 2.91. The molecule has 1 rings (SSSR count). The molecule has 0 atom stereocenters. The Bertz CT molecular complexity index is 446. The molecule has 0 aromatic heterocycles. The molecule has 1 aromatic rings. The van der Waals surface area contributed by atoms with Crippen molar-refractivity contribution in [1.82, 2.24) is 4.72 Å². The molecule has 0 aliphatic carbocycles. The van der Waals surface area contributed by atoms with Crippen molar-refractivity contribution in [3.63, 3.8) is 0 Å². The van der Waals surface area contributed by atoms with Gasteiger partial charge in [0.05, 0.1) is 5.69 Å². The highest BCUT2D eigenvalue weighted by Crippen LogP contribution is 2.19. The molecular formula is C11H19N3O2S. The molecule has 0 saturated carbocycles. The number of para-hydroxylation sites is 1. The van der Waals surface area contributed by atoms with Gasteiger partial charge in [-0.05, 0) is 18.6 Å². The number of anilines is 1. The van der Waals surface area contributed by atoms with Crippen molar-refractivity contribution in [2.45, 2.75) is 31.1 Å². The topological polar surface area (TPSA) is 84.2 Å². The predicted octanol–water partition coefficient (Wildman–Crippen LogP) is 1.44. The van der Waals surface area contributed by atoms with E-state index in [4.69, 9.17) is 5.84 Å². The third kappa shape index (κ3) is 3.99. The first-order chi connectivity index (χ1) is 8.11. The van der Waals surface area contributed by atoms with Crippen LogP contribution in [-0.4, -0.2) is 15.0 Å². The lowest BCUT2D eigenvalue weighted by Crippen LogP contribution is -2.26. The fraction of sp³-hybridized carbons (Fsp3) is 0.455. The van der Waals surface area contributed by atoms with Gasteiger partial charge in [0.25, 0.3) is 0 Å². The van der Waals surface area contributed by atoms with Gasteiger partial charge in [0.2, 0.25) is 10.0 Å². The van der Waals surface area contributed by atoms with Crippen LogP contribution in [0.5, 0.6) is 0 Å². The molecule has 17 heavy (non-hydrogen) atoms. The van der Waals surface area contributed by atoms with Gasteiger partial charge in [-0.25, -0.2) is 13.1 Å². The van der Waals surface area contributed by atoms with E-state index in [1.54, 1.807) is 18.2 Å². The Kier molecular flexibility index (Phi) is 5.40. The number of hydrazine groups is 1. The summed E-state index contributed by atoms with van der Waals surface area (Å²) in [6, 6.07) is 6.55. The first-order valence-electron chi connectivity index (χ1n) is 5.67. The van der Waals surface area contributed by atoms with E-state index in [0.29, 0.717) is 12.2 Å². The summed E-state index contributed by atoms with van der Waals surface area (Å²) in [5.41, 5.74) is 2.78. The number of nitrogens with two attached hydrogens (primary N) is 1. The van der Waals surface area contributed by atoms with Crippen LogP contribution in [0.3, 0.4) is 0 Å². The summed E-state index contributed by atoms with van der Waals surface area (Å²) < 4.78 is 26.5. The quantitative estimate of drug-likeness (QED) is 0.392. The molecule has 1 aromatic carbocycles. The Balaban J connectivity index is 2.75. The van der Waals surface area contributed by atoms with Crippen molar-refractivity contribution in [1.29, 1.82) is 0 Å². The second-order valence-electron chi connectivity index (χ2n) is 3.75. The van der Waals surface area contributed by atoms with Gasteiger partial charge in [-0.15, -0.1) is 0 Å². The lowest BCUT2D eigenvalue weighted by molar-refractivity contribution is 0.576. The molecule has 0 amide bonds. The highest BCUT2D eigenvalue weighted by Gasteiger charge is 2.16. The van der Waals surface area contributed by atoms with Crippen molar-refractivity contribution >= 4 is 15.7 Å². The zero-order chi connectivity index (χ0) is 12.7. The smallest absolute Gasteiger partial charge is 0.242 e. The number of sulfonamides is 1. The molecule has 0 spiro atoms. The van der Waals surface area contributed by atoms with E-state index in [-0.39, 0.29) is 4.90 Å². The summed E-state index contributed by atoms with van der Waals surface area (Å²) in [4.78, 5) is 0.180. The zero-order valence-corrected chi connectivity index (χ0v) is 10.8. The van der Waals surface area contributed by atoms with Gasteiger partial charge in [0.1, 0.15) is 4.90 Å². The minimum Gasteiger partial charge on any atom is -0.323 e. The molecule has 0 aliphatic rings. The third-order valence-corrected chi connectivity index (χ3v) is 3.92. The molecule has 0 fully saturated rings. The lowest BCUT2D eigenvalue weighted by atomic mass is 10.3. The van der Waals surface area contributed by atoms with Crippen LogP contribution >= 0.6 is 0 Å². The predicted molar refractivity (Wildman–Crippen MR) is 69.0 cm³/mol. The lowest BCUT2D eigenvalue weighted by Gasteiger charge is -2.10. The SMILES string of the molecule is CCCCCNS(=O)(=O)c1ccccc1NN. The molecule has 6 heteroatoms. The highest BCUT2D eigenvalue weighted by atomic mass is 32.2. The minimum atomic E-state index is -3.48. The molecule has 4 N–H and O–H groups in total. The van der Waals surface area contributed by atoms with Crippen molar-refractivity contribution in [2.75, 3.05) is 12.0 Å². The molecule has 5 nitrogen and oxygen atoms in total. The normalized spacial score (nSPS) is 11.4. The van der Waals surface area contributed by atoms with E-state index < -0.39 is 10.0 Å². The van der Waals surface area contributed by atoms with Crippen LogP contribution in [0.2, 0.25) is 0 Å². The number of rotatable bonds is 7. The first kappa shape index (κ1) is 14.0. The number of nitrogen functional groups attached to an aromatic ring is 1. The second kappa shape index (κ2) is 6.58. The van der Waals surface area contributed by atoms with Gasteiger partial charge in [-0.3, -0.25) is 5.84 Å². The van der Waals surface area contributed by atoms with Gasteiger partial charge < -0.3 is 5.43 Å². The Morgan fingerprint density at radius 3 is 2.59 bits per heavy atom. The Labute approximate surface area is 102 Å². The Morgan fingerprint density at radius 2 is 1.94 bits per heavy atom. The van der Waals surface area contributed by atoms with E-state index in [9.17, 15) is 8.42 Å². The van der Waals surface area contributed by atoms with Crippen LogP contribution in [0, 0.1) is 0 Å². The number of benzene rings is 1. The monoisotopic (exact) mass is 257 g/mol. The van der Waals surface area contributed by atoms with Crippen LogP contribution in [0.15, 0.2) is 29.2 Å². The van der Waals surface area contributed by atoms with Crippen LogP contribution in [-0.2, 0) is 10.0 Å². The number of unbranched alkanes of at least 4 members (excludes halogenated alkanes) is 2. The van der Waals surface area contributed by atoms with Crippen molar-refractivity contribution in [3.05, 3.63) is 24.3 Å².